The number of H-pyrrole nitrogens is 1. The molecule has 1 aromatic carbocycles. The van der Waals surface area contributed by atoms with Gasteiger partial charge in [-0.1, -0.05) is 17.7 Å². The van der Waals surface area contributed by atoms with Crippen molar-refractivity contribution in [3.63, 3.8) is 0 Å². The summed E-state index contributed by atoms with van der Waals surface area (Å²) in [7, 11) is 0. The zero-order valence-electron chi connectivity index (χ0n) is 10.7. The Labute approximate surface area is 120 Å². The Bertz CT molecular complexity index is 611. The second-order valence-corrected chi connectivity index (χ2v) is 4.57. The second-order valence-electron chi connectivity index (χ2n) is 4.13. The standard InChI is InChI=1S/C14H13ClN2O3/c1-9(20-14(19)12-6-3-7-16-12)13(18)17-11-5-2-4-10(15)8-11/h2-9,16H,1H3,(H,17,18)/t9-/m0/s1. The van der Waals surface area contributed by atoms with E-state index in [9.17, 15) is 9.59 Å². The van der Waals surface area contributed by atoms with Gasteiger partial charge in [-0.15, -0.1) is 0 Å². The number of nitrogens with one attached hydrogen (secondary N) is 2. The largest absolute Gasteiger partial charge is 0.448 e. The predicted octanol–water partition coefficient (Wildman–Crippen LogP) is 2.85. The summed E-state index contributed by atoms with van der Waals surface area (Å²) in [5.41, 5.74) is 0.845. The van der Waals surface area contributed by atoms with E-state index in [4.69, 9.17) is 16.3 Å². The van der Waals surface area contributed by atoms with Crippen molar-refractivity contribution in [3.8, 4) is 0 Å². The summed E-state index contributed by atoms with van der Waals surface area (Å²) in [5.74, 6) is -1.00. The van der Waals surface area contributed by atoms with Crippen LogP contribution in [0.5, 0.6) is 0 Å². The fourth-order valence-corrected chi connectivity index (χ4v) is 1.74. The Morgan fingerprint density at radius 1 is 1.30 bits per heavy atom. The molecular formula is C14H13ClN2O3. The molecule has 104 valence electrons. The highest BCUT2D eigenvalue weighted by Gasteiger charge is 2.19. The van der Waals surface area contributed by atoms with Gasteiger partial charge < -0.3 is 15.0 Å². The Morgan fingerprint density at radius 3 is 2.75 bits per heavy atom. The molecule has 1 heterocycles. The van der Waals surface area contributed by atoms with Crippen LogP contribution < -0.4 is 5.32 Å². The Morgan fingerprint density at radius 2 is 2.10 bits per heavy atom. The van der Waals surface area contributed by atoms with E-state index < -0.39 is 18.0 Å². The van der Waals surface area contributed by atoms with E-state index in [1.165, 1.54) is 6.92 Å². The molecule has 0 aliphatic heterocycles. The molecule has 6 heteroatoms. The molecule has 20 heavy (non-hydrogen) atoms. The lowest BCUT2D eigenvalue weighted by atomic mass is 10.3. The van der Waals surface area contributed by atoms with E-state index >= 15 is 0 Å². The molecule has 0 aliphatic rings. The summed E-state index contributed by atoms with van der Waals surface area (Å²) >= 11 is 5.82. The second kappa shape index (κ2) is 6.25. The van der Waals surface area contributed by atoms with E-state index in [0.29, 0.717) is 16.4 Å². The third-order valence-electron chi connectivity index (χ3n) is 2.56. The van der Waals surface area contributed by atoms with Crippen molar-refractivity contribution >= 4 is 29.2 Å². The van der Waals surface area contributed by atoms with Crippen molar-refractivity contribution in [1.29, 1.82) is 0 Å². The van der Waals surface area contributed by atoms with E-state index in [1.807, 2.05) is 0 Å². The van der Waals surface area contributed by atoms with Crippen molar-refractivity contribution in [1.82, 2.24) is 4.98 Å². The molecule has 1 amide bonds. The fourth-order valence-electron chi connectivity index (χ4n) is 1.54. The van der Waals surface area contributed by atoms with Gasteiger partial charge in [-0.3, -0.25) is 4.79 Å². The molecule has 0 saturated heterocycles. The highest BCUT2D eigenvalue weighted by molar-refractivity contribution is 6.30. The van der Waals surface area contributed by atoms with E-state index in [2.05, 4.69) is 10.3 Å². The molecule has 0 bridgehead atoms. The SMILES string of the molecule is C[C@H](OC(=O)c1ccc[nH]1)C(=O)Nc1cccc(Cl)c1. The first-order chi connectivity index (χ1) is 9.56. The van der Waals surface area contributed by atoms with Crippen LogP contribution in [0, 0.1) is 0 Å². The van der Waals surface area contributed by atoms with Crippen LogP contribution >= 0.6 is 11.6 Å². The minimum absolute atomic E-state index is 0.299. The van der Waals surface area contributed by atoms with Gasteiger partial charge in [-0.2, -0.15) is 0 Å². The number of halogens is 1. The molecule has 0 saturated carbocycles. The minimum Gasteiger partial charge on any atom is -0.448 e. The first-order valence-corrected chi connectivity index (χ1v) is 6.35. The van der Waals surface area contributed by atoms with Crippen molar-refractivity contribution in [3.05, 3.63) is 53.3 Å². The maximum atomic E-state index is 11.9. The molecule has 1 aromatic heterocycles. The molecular weight excluding hydrogens is 280 g/mol. The van der Waals surface area contributed by atoms with Crippen LogP contribution in [0.15, 0.2) is 42.6 Å². The fraction of sp³-hybridized carbons (Fsp3) is 0.143. The number of carbonyl (C=O) groups is 2. The number of esters is 1. The highest BCUT2D eigenvalue weighted by Crippen LogP contribution is 2.15. The van der Waals surface area contributed by atoms with Gasteiger partial charge in [-0.25, -0.2) is 4.79 Å². The number of aromatic amines is 1. The topological polar surface area (TPSA) is 71.2 Å². The summed E-state index contributed by atoms with van der Waals surface area (Å²) in [5, 5.41) is 3.14. The smallest absolute Gasteiger partial charge is 0.355 e. The molecule has 0 unspecified atom stereocenters. The molecule has 0 spiro atoms. The van der Waals surface area contributed by atoms with Crippen LogP contribution in [0.2, 0.25) is 5.02 Å². The van der Waals surface area contributed by atoms with Gasteiger partial charge in [-0.05, 0) is 37.3 Å². The first kappa shape index (κ1) is 14.1. The van der Waals surface area contributed by atoms with Gasteiger partial charge in [0.25, 0.3) is 5.91 Å². The highest BCUT2D eigenvalue weighted by atomic mass is 35.5. The van der Waals surface area contributed by atoms with E-state index in [1.54, 1.807) is 42.6 Å². The summed E-state index contributed by atoms with van der Waals surface area (Å²) in [6.07, 6.45) is 0.692. The van der Waals surface area contributed by atoms with Gasteiger partial charge in [0.1, 0.15) is 5.69 Å². The van der Waals surface area contributed by atoms with Gasteiger partial charge in [0.05, 0.1) is 0 Å². The van der Waals surface area contributed by atoms with Crippen molar-refractivity contribution in [2.75, 3.05) is 5.32 Å². The van der Waals surface area contributed by atoms with Crippen LogP contribution in [0.25, 0.3) is 0 Å². The molecule has 0 fully saturated rings. The number of benzene rings is 1. The number of aromatic nitrogens is 1. The van der Waals surface area contributed by atoms with Crippen molar-refractivity contribution < 1.29 is 14.3 Å². The Kier molecular flexibility index (Phi) is 4.42. The Hall–Kier alpha value is -2.27. The first-order valence-electron chi connectivity index (χ1n) is 5.97. The maximum absolute atomic E-state index is 11.9. The summed E-state index contributed by atoms with van der Waals surface area (Å²) < 4.78 is 5.04. The number of ether oxygens (including phenoxy) is 1. The number of amides is 1. The van der Waals surface area contributed by atoms with Gasteiger partial charge >= 0.3 is 5.97 Å². The third-order valence-corrected chi connectivity index (χ3v) is 2.80. The molecule has 1 atom stereocenters. The lowest BCUT2D eigenvalue weighted by molar-refractivity contribution is -0.123. The van der Waals surface area contributed by atoms with Crippen LogP contribution in [0.3, 0.4) is 0 Å². The lowest BCUT2D eigenvalue weighted by Crippen LogP contribution is -2.30. The molecule has 0 aliphatic carbocycles. The number of hydrogen-bond acceptors (Lipinski definition) is 3. The average molecular weight is 293 g/mol. The number of anilines is 1. The molecule has 0 radical (unpaired) electrons. The number of rotatable bonds is 4. The van der Waals surface area contributed by atoms with Gasteiger partial charge in [0.2, 0.25) is 0 Å². The van der Waals surface area contributed by atoms with Crippen LogP contribution in [0.1, 0.15) is 17.4 Å². The van der Waals surface area contributed by atoms with Crippen molar-refractivity contribution in [2.24, 2.45) is 0 Å². The molecule has 2 rings (SSSR count). The van der Waals surface area contributed by atoms with E-state index in [-0.39, 0.29) is 0 Å². The summed E-state index contributed by atoms with van der Waals surface area (Å²) in [6.45, 7) is 1.50. The average Bonchev–Trinajstić information content (AvgIpc) is 2.92. The van der Waals surface area contributed by atoms with Gasteiger partial charge in [0.15, 0.2) is 6.10 Å². The predicted molar refractivity (Wildman–Crippen MR) is 75.8 cm³/mol. The Balaban J connectivity index is 1.94. The molecule has 5 nitrogen and oxygen atoms in total. The van der Waals surface area contributed by atoms with Crippen molar-refractivity contribution in [2.45, 2.75) is 13.0 Å². The normalized spacial score (nSPS) is 11.7. The van der Waals surface area contributed by atoms with Crippen LogP contribution in [-0.2, 0) is 9.53 Å². The zero-order chi connectivity index (χ0) is 14.5. The molecule has 2 aromatic rings. The monoisotopic (exact) mass is 292 g/mol. The van der Waals surface area contributed by atoms with E-state index in [0.717, 1.165) is 0 Å². The van der Waals surface area contributed by atoms with Crippen LogP contribution in [0.4, 0.5) is 5.69 Å². The molecule has 2 N–H and O–H groups in total. The minimum atomic E-state index is -0.912. The van der Waals surface area contributed by atoms with Crippen LogP contribution in [-0.4, -0.2) is 23.0 Å². The lowest BCUT2D eigenvalue weighted by Gasteiger charge is -2.13. The maximum Gasteiger partial charge on any atom is 0.355 e. The summed E-state index contributed by atoms with van der Waals surface area (Å²) in [4.78, 5) is 26.3. The zero-order valence-corrected chi connectivity index (χ0v) is 11.5. The third kappa shape index (κ3) is 3.61. The number of hydrogen-bond donors (Lipinski definition) is 2. The quantitative estimate of drug-likeness (QED) is 0.851. The van der Waals surface area contributed by atoms with Gasteiger partial charge in [0, 0.05) is 16.9 Å². The summed E-state index contributed by atoms with van der Waals surface area (Å²) in [6, 6.07) is 9.97. The number of carbonyl (C=O) groups excluding carboxylic acids is 2.